The summed E-state index contributed by atoms with van der Waals surface area (Å²) in [4.78, 5) is 0. The maximum atomic E-state index is 5.29. The maximum Gasteiger partial charge on any atom is 0.124 e. The first-order valence-corrected chi connectivity index (χ1v) is 5.38. The van der Waals surface area contributed by atoms with Gasteiger partial charge in [0, 0.05) is 12.7 Å². The molecule has 0 spiro atoms. The van der Waals surface area contributed by atoms with Gasteiger partial charge >= 0.3 is 0 Å². The number of hydrogen-bond acceptors (Lipinski definition) is 2. The molecule has 2 nitrogen and oxygen atoms in total. The lowest BCUT2D eigenvalue weighted by Crippen LogP contribution is -1.98. The number of methoxy groups -OCH3 is 2. The third-order valence-corrected chi connectivity index (χ3v) is 2.79. The molecule has 0 bridgehead atoms. The lowest BCUT2D eigenvalue weighted by atomic mass is 9.96. The van der Waals surface area contributed by atoms with E-state index in [-0.39, 0.29) is 0 Å². The quantitative estimate of drug-likeness (QED) is 0.738. The molecule has 1 unspecified atom stereocenters. The van der Waals surface area contributed by atoms with E-state index in [0.717, 1.165) is 17.7 Å². The largest absolute Gasteiger partial charge is 0.496 e. The Balaban J connectivity index is 2.98. The van der Waals surface area contributed by atoms with Crippen LogP contribution in [0.3, 0.4) is 0 Å². The summed E-state index contributed by atoms with van der Waals surface area (Å²) in [6, 6.07) is 6.33. The van der Waals surface area contributed by atoms with Crippen LogP contribution >= 0.6 is 0 Å². The summed E-state index contributed by atoms with van der Waals surface area (Å²) in [5, 5.41) is 0. The molecule has 0 radical (unpaired) electrons. The first kappa shape index (κ1) is 12.1. The highest BCUT2D eigenvalue weighted by atomic mass is 16.5. The molecule has 0 heterocycles. The molecular weight excluding hydrogens is 188 g/mol. The van der Waals surface area contributed by atoms with Crippen molar-refractivity contribution in [3.05, 3.63) is 29.3 Å². The Morgan fingerprint density at radius 1 is 1.27 bits per heavy atom. The predicted octanol–water partition coefficient (Wildman–Crippen LogP) is 3.36. The first-order chi connectivity index (χ1) is 7.22. The predicted molar refractivity (Wildman–Crippen MR) is 62.4 cm³/mol. The summed E-state index contributed by atoms with van der Waals surface area (Å²) in [7, 11) is 3.40. The van der Waals surface area contributed by atoms with Gasteiger partial charge in [0.15, 0.2) is 0 Å². The number of hydrogen-bond donors (Lipinski definition) is 0. The molecule has 0 aliphatic heterocycles. The van der Waals surface area contributed by atoms with Crippen LogP contribution < -0.4 is 4.74 Å². The van der Waals surface area contributed by atoms with Gasteiger partial charge in [-0.15, -0.1) is 0 Å². The molecule has 15 heavy (non-hydrogen) atoms. The van der Waals surface area contributed by atoms with Crippen LogP contribution in [0, 0.1) is 0 Å². The van der Waals surface area contributed by atoms with Gasteiger partial charge < -0.3 is 9.47 Å². The maximum absolute atomic E-state index is 5.29. The van der Waals surface area contributed by atoms with Crippen molar-refractivity contribution < 1.29 is 9.47 Å². The Morgan fingerprint density at radius 2 is 2.00 bits per heavy atom. The fraction of sp³-hybridized carbons (Fsp3) is 0.538. The van der Waals surface area contributed by atoms with Gasteiger partial charge in [0.25, 0.3) is 0 Å². The van der Waals surface area contributed by atoms with Gasteiger partial charge in [-0.2, -0.15) is 0 Å². The van der Waals surface area contributed by atoms with Crippen LogP contribution in [0.15, 0.2) is 18.2 Å². The average Bonchev–Trinajstić information content (AvgIpc) is 2.28. The van der Waals surface area contributed by atoms with Crippen LogP contribution in [-0.4, -0.2) is 14.2 Å². The van der Waals surface area contributed by atoms with Gasteiger partial charge in [-0.05, 0) is 30.0 Å². The summed E-state index contributed by atoms with van der Waals surface area (Å²) < 4.78 is 10.4. The molecule has 1 aromatic carbocycles. The smallest absolute Gasteiger partial charge is 0.124 e. The molecule has 2 heteroatoms. The molecule has 0 saturated carbocycles. The lowest BCUT2D eigenvalue weighted by Gasteiger charge is -2.13. The van der Waals surface area contributed by atoms with E-state index in [1.807, 2.05) is 6.07 Å². The second-order valence-electron chi connectivity index (χ2n) is 3.81. The van der Waals surface area contributed by atoms with Crippen molar-refractivity contribution >= 4 is 0 Å². The zero-order valence-corrected chi connectivity index (χ0v) is 10.0. The normalized spacial score (nSPS) is 12.5. The zero-order valence-electron chi connectivity index (χ0n) is 10.0. The van der Waals surface area contributed by atoms with Gasteiger partial charge in [0.1, 0.15) is 5.75 Å². The van der Waals surface area contributed by atoms with Crippen molar-refractivity contribution in [1.29, 1.82) is 0 Å². The Labute approximate surface area is 92.2 Å². The second-order valence-corrected chi connectivity index (χ2v) is 3.81. The van der Waals surface area contributed by atoms with Gasteiger partial charge in [0.05, 0.1) is 13.7 Å². The third-order valence-electron chi connectivity index (χ3n) is 2.79. The fourth-order valence-electron chi connectivity index (χ4n) is 1.61. The van der Waals surface area contributed by atoms with Gasteiger partial charge in [-0.1, -0.05) is 19.9 Å². The Morgan fingerprint density at radius 3 is 2.53 bits per heavy atom. The molecule has 0 aliphatic rings. The van der Waals surface area contributed by atoms with Crippen LogP contribution in [0.1, 0.15) is 37.3 Å². The molecule has 1 rings (SSSR count). The molecule has 0 fully saturated rings. The van der Waals surface area contributed by atoms with E-state index >= 15 is 0 Å². The third kappa shape index (κ3) is 2.96. The highest BCUT2D eigenvalue weighted by molar-refractivity contribution is 5.38. The van der Waals surface area contributed by atoms with Gasteiger partial charge in [0.2, 0.25) is 0 Å². The molecule has 0 saturated heterocycles. The van der Waals surface area contributed by atoms with E-state index in [1.54, 1.807) is 14.2 Å². The van der Waals surface area contributed by atoms with Crippen LogP contribution in [-0.2, 0) is 11.3 Å². The minimum atomic E-state index is 0.589. The van der Waals surface area contributed by atoms with Crippen molar-refractivity contribution in [3.8, 4) is 5.75 Å². The Hall–Kier alpha value is -1.02. The van der Waals surface area contributed by atoms with Gasteiger partial charge in [-0.25, -0.2) is 0 Å². The Bertz CT molecular complexity index is 307. The average molecular weight is 208 g/mol. The lowest BCUT2D eigenvalue weighted by molar-refractivity contribution is 0.181. The highest BCUT2D eigenvalue weighted by Crippen LogP contribution is 2.26. The minimum Gasteiger partial charge on any atom is -0.496 e. The molecule has 1 atom stereocenters. The van der Waals surface area contributed by atoms with Crippen LogP contribution in [0.4, 0.5) is 0 Å². The summed E-state index contributed by atoms with van der Waals surface area (Å²) in [5.74, 6) is 1.50. The summed E-state index contributed by atoms with van der Waals surface area (Å²) in [5.41, 5.74) is 2.48. The molecular formula is C13H20O2. The van der Waals surface area contributed by atoms with E-state index in [2.05, 4.69) is 26.0 Å². The van der Waals surface area contributed by atoms with Crippen LogP contribution in [0.25, 0.3) is 0 Å². The zero-order chi connectivity index (χ0) is 11.3. The summed E-state index contributed by atoms with van der Waals surface area (Å²) in [6.45, 7) is 5.04. The monoisotopic (exact) mass is 208 g/mol. The van der Waals surface area contributed by atoms with Crippen molar-refractivity contribution in [3.63, 3.8) is 0 Å². The number of rotatable bonds is 5. The first-order valence-electron chi connectivity index (χ1n) is 5.38. The number of ether oxygens (including phenoxy) is 2. The van der Waals surface area contributed by atoms with E-state index in [0.29, 0.717) is 12.5 Å². The van der Waals surface area contributed by atoms with Crippen LogP contribution in [0.2, 0.25) is 0 Å². The Kier molecular flexibility index (Phi) is 4.63. The van der Waals surface area contributed by atoms with Crippen LogP contribution in [0.5, 0.6) is 5.75 Å². The fourth-order valence-corrected chi connectivity index (χ4v) is 1.61. The summed E-state index contributed by atoms with van der Waals surface area (Å²) in [6.07, 6.45) is 1.15. The molecule has 1 aromatic rings. The van der Waals surface area contributed by atoms with Crippen molar-refractivity contribution in [1.82, 2.24) is 0 Å². The number of benzene rings is 1. The molecule has 0 amide bonds. The second kappa shape index (κ2) is 5.76. The van der Waals surface area contributed by atoms with E-state index in [1.165, 1.54) is 5.56 Å². The highest BCUT2D eigenvalue weighted by Gasteiger charge is 2.07. The van der Waals surface area contributed by atoms with E-state index < -0.39 is 0 Å². The van der Waals surface area contributed by atoms with Crippen molar-refractivity contribution in [2.45, 2.75) is 32.8 Å². The van der Waals surface area contributed by atoms with Gasteiger partial charge in [-0.3, -0.25) is 0 Å². The topological polar surface area (TPSA) is 18.5 Å². The molecule has 0 N–H and O–H groups in total. The van der Waals surface area contributed by atoms with Crippen molar-refractivity contribution in [2.24, 2.45) is 0 Å². The SMILES string of the molecule is CCC(C)c1ccc(OC)c(COC)c1. The summed E-state index contributed by atoms with van der Waals surface area (Å²) >= 11 is 0. The van der Waals surface area contributed by atoms with E-state index in [4.69, 9.17) is 9.47 Å². The molecule has 0 aromatic heterocycles. The molecule has 84 valence electrons. The molecule has 0 aliphatic carbocycles. The standard InChI is InChI=1S/C13H20O2/c1-5-10(2)11-6-7-13(15-4)12(8-11)9-14-3/h6-8,10H,5,9H2,1-4H3. The van der Waals surface area contributed by atoms with E-state index in [9.17, 15) is 0 Å². The minimum absolute atomic E-state index is 0.589. The van der Waals surface area contributed by atoms with Crippen molar-refractivity contribution in [2.75, 3.05) is 14.2 Å².